The average molecular weight is 317 g/mol. The first-order valence-corrected chi connectivity index (χ1v) is 7.25. The highest BCUT2D eigenvalue weighted by Gasteiger charge is 2.10. The standard InChI is InChI=1S/C17H17ClN2O2/c1-11-5-3-6-12(2)16(11)20-15(21)10-19-17(22)13-7-4-8-14(18)9-13/h3-9H,10H2,1-2H3,(H,19,22)(H,20,21). The summed E-state index contributed by atoms with van der Waals surface area (Å²) in [4.78, 5) is 23.9. The molecule has 22 heavy (non-hydrogen) atoms. The number of anilines is 1. The molecule has 4 nitrogen and oxygen atoms in total. The molecule has 2 aromatic carbocycles. The summed E-state index contributed by atoms with van der Waals surface area (Å²) in [5.74, 6) is -0.605. The first kappa shape index (κ1) is 16.0. The van der Waals surface area contributed by atoms with Crippen molar-refractivity contribution in [2.75, 3.05) is 11.9 Å². The van der Waals surface area contributed by atoms with Gasteiger partial charge in [-0.3, -0.25) is 9.59 Å². The quantitative estimate of drug-likeness (QED) is 0.909. The maximum absolute atomic E-state index is 12.0. The zero-order valence-electron chi connectivity index (χ0n) is 12.4. The Morgan fingerprint density at radius 1 is 1.05 bits per heavy atom. The summed E-state index contributed by atoms with van der Waals surface area (Å²) in [6.45, 7) is 3.75. The number of hydrogen-bond acceptors (Lipinski definition) is 2. The molecule has 2 amide bonds. The molecular formula is C17H17ClN2O2. The van der Waals surface area contributed by atoms with Crippen molar-refractivity contribution in [3.05, 3.63) is 64.2 Å². The van der Waals surface area contributed by atoms with Gasteiger partial charge in [-0.05, 0) is 43.2 Å². The minimum atomic E-state index is -0.334. The summed E-state index contributed by atoms with van der Waals surface area (Å²) in [7, 11) is 0. The molecule has 2 aromatic rings. The van der Waals surface area contributed by atoms with E-state index < -0.39 is 0 Å². The highest BCUT2D eigenvalue weighted by molar-refractivity contribution is 6.31. The molecule has 0 atom stereocenters. The molecular weight excluding hydrogens is 300 g/mol. The molecule has 0 bridgehead atoms. The van der Waals surface area contributed by atoms with Crippen LogP contribution in [0.5, 0.6) is 0 Å². The van der Waals surface area contributed by atoms with Gasteiger partial charge in [-0.15, -0.1) is 0 Å². The highest BCUT2D eigenvalue weighted by atomic mass is 35.5. The smallest absolute Gasteiger partial charge is 0.251 e. The fourth-order valence-corrected chi connectivity index (χ4v) is 2.28. The predicted octanol–water partition coefficient (Wildman–Crippen LogP) is 3.33. The third-order valence-electron chi connectivity index (χ3n) is 3.24. The van der Waals surface area contributed by atoms with Crippen LogP contribution in [0.3, 0.4) is 0 Å². The van der Waals surface area contributed by atoms with Gasteiger partial charge in [0.05, 0.1) is 6.54 Å². The van der Waals surface area contributed by atoms with E-state index in [4.69, 9.17) is 11.6 Å². The van der Waals surface area contributed by atoms with Crippen molar-refractivity contribution in [3.63, 3.8) is 0 Å². The van der Waals surface area contributed by atoms with Crippen molar-refractivity contribution in [2.45, 2.75) is 13.8 Å². The average Bonchev–Trinajstić information content (AvgIpc) is 2.48. The Morgan fingerprint density at radius 3 is 2.32 bits per heavy atom. The van der Waals surface area contributed by atoms with Crippen LogP contribution in [0.2, 0.25) is 5.02 Å². The lowest BCUT2D eigenvalue weighted by Crippen LogP contribution is -2.33. The van der Waals surface area contributed by atoms with E-state index in [1.807, 2.05) is 32.0 Å². The topological polar surface area (TPSA) is 58.2 Å². The van der Waals surface area contributed by atoms with Gasteiger partial charge < -0.3 is 10.6 Å². The second kappa shape index (κ2) is 7.09. The van der Waals surface area contributed by atoms with E-state index in [-0.39, 0.29) is 18.4 Å². The van der Waals surface area contributed by atoms with Gasteiger partial charge in [0, 0.05) is 16.3 Å². The molecule has 0 unspecified atom stereocenters. The molecule has 0 aliphatic rings. The lowest BCUT2D eigenvalue weighted by molar-refractivity contribution is -0.115. The molecule has 0 heterocycles. The van der Waals surface area contributed by atoms with E-state index in [9.17, 15) is 9.59 Å². The van der Waals surface area contributed by atoms with Gasteiger partial charge >= 0.3 is 0 Å². The van der Waals surface area contributed by atoms with Crippen LogP contribution in [-0.4, -0.2) is 18.4 Å². The van der Waals surface area contributed by atoms with Crippen molar-refractivity contribution in [1.29, 1.82) is 0 Å². The van der Waals surface area contributed by atoms with Gasteiger partial charge in [-0.25, -0.2) is 0 Å². The Bertz CT molecular complexity index is 693. The number of hydrogen-bond donors (Lipinski definition) is 2. The largest absolute Gasteiger partial charge is 0.343 e. The lowest BCUT2D eigenvalue weighted by Gasteiger charge is -2.12. The van der Waals surface area contributed by atoms with Crippen LogP contribution in [0.15, 0.2) is 42.5 Å². The van der Waals surface area contributed by atoms with Crippen LogP contribution in [0.1, 0.15) is 21.5 Å². The first-order chi connectivity index (χ1) is 10.5. The minimum Gasteiger partial charge on any atom is -0.343 e. The zero-order valence-corrected chi connectivity index (χ0v) is 13.2. The van der Waals surface area contributed by atoms with E-state index >= 15 is 0 Å². The molecule has 0 aromatic heterocycles. The Labute approximate surface area is 134 Å². The third kappa shape index (κ3) is 4.09. The number of para-hydroxylation sites is 1. The lowest BCUT2D eigenvalue weighted by atomic mass is 10.1. The van der Waals surface area contributed by atoms with Gasteiger partial charge in [0.2, 0.25) is 5.91 Å². The molecule has 0 fully saturated rings. The van der Waals surface area contributed by atoms with E-state index in [0.29, 0.717) is 10.6 Å². The summed E-state index contributed by atoms with van der Waals surface area (Å²) in [5, 5.41) is 5.87. The van der Waals surface area contributed by atoms with E-state index in [1.165, 1.54) is 0 Å². The Balaban J connectivity index is 1.94. The Morgan fingerprint density at radius 2 is 1.68 bits per heavy atom. The van der Waals surface area contributed by atoms with Gasteiger partial charge in [0.15, 0.2) is 0 Å². The van der Waals surface area contributed by atoms with Crippen LogP contribution in [0.4, 0.5) is 5.69 Å². The van der Waals surface area contributed by atoms with Crippen molar-refractivity contribution >= 4 is 29.1 Å². The van der Waals surface area contributed by atoms with Crippen molar-refractivity contribution in [3.8, 4) is 0 Å². The molecule has 2 N–H and O–H groups in total. The fraction of sp³-hybridized carbons (Fsp3) is 0.176. The molecule has 2 rings (SSSR count). The van der Waals surface area contributed by atoms with Gasteiger partial charge in [0.25, 0.3) is 5.91 Å². The summed E-state index contributed by atoms with van der Waals surface area (Å²) >= 11 is 5.83. The van der Waals surface area contributed by atoms with E-state index in [1.54, 1.807) is 24.3 Å². The second-order valence-corrected chi connectivity index (χ2v) is 5.44. The van der Waals surface area contributed by atoms with Crippen molar-refractivity contribution in [1.82, 2.24) is 5.32 Å². The predicted molar refractivity (Wildman–Crippen MR) is 88.3 cm³/mol. The van der Waals surface area contributed by atoms with Gasteiger partial charge in [-0.1, -0.05) is 35.9 Å². The number of amides is 2. The number of carbonyl (C=O) groups excluding carboxylic acids is 2. The van der Waals surface area contributed by atoms with Crippen molar-refractivity contribution in [2.24, 2.45) is 0 Å². The van der Waals surface area contributed by atoms with Crippen molar-refractivity contribution < 1.29 is 9.59 Å². The van der Waals surface area contributed by atoms with Crippen LogP contribution in [-0.2, 0) is 4.79 Å². The summed E-state index contributed by atoms with van der Waals surface area (Å²) in [5.41, 5.74) is 3.17. The number of nitrogens with one attached hydrogen (secondary N) is 2. The maximum Gasteiger partial charge on any atom is 0.251 e. The number of halogens is 1. The van der Waals surface area contributed by atoms with Crippen LogP contribution < -0.4 is 10.6 Å². The first-order valence-electron chi connectivity index (χ1n) is 6.87. The molecule has 0 saturated carbocycles. The molecule has 0 spiro atoms. The SMILES string of the molecule is Cc1cccc(C)c1NC(=O)CNC(=O)c1cccc(Cl)c1. The molecule has 0 aliphatic carbocycles. The number of benzene rings is 2. The maximum atomic E-state index is 12.0. The van der Waals surface area contributed by atoms with E-state index in [0.717, 1.165) is 16.8 Å². The fourth-order valence-electron chi connectivity index (χ4n) is 2.09. The summed E-state index contributed by atoms with van der Waals surface area (Å²) < 4.78 is 0. The number of aryl methyl sites for hydroxylation is 2. The Hall–Kier alpha value is -2.33. The number of rotatable bonds is 4. The van der Waals surface area contributed by atoms with Gasteiger partial charge in [0.1, 0.15) is 0 Å². The molecule has 0 aliphatic heterocycles. The molecule has 0 radical (unpaired) electrons. The monoisotopic (exact) mass is 316 g/mol. The third-order valence-corrected chi connectivity index (χ3v) is 3.48. The number of carbonyl (C=O) groups is 2. The van der Waals surface area contributed by atoms with Gasteiger partial charge in [-0.2, -0.15) is 0 Å². The Kier molecular flexibility index (Phi) is 5.17. The summed E-state index contributed by atoms with van der Waals surface area (Å²) in [6.07, 6.45) is 0. The molecule has 114 valence electrons. The van der Waals surface area contributed by atoms with Crippen LogP contribution in [0, 0.1) is 13.8 Å². The normalized spacial score (nSPS) is 10.1. The summed E-state index contributed by atoms with van der Waals surface area (Å²) in [6, 6.07) is 12.4. The minimum absolute atomic E-state index is 0.0981. The zero-order chi connectivity index (χ0) is 16.1. The van der Waals surface area contributed by atoms with Crippen LogP contribution in [0.25, 0.3) is 0 Å². The molecule has 0 saturated heterocycles. The van der Waals surface area contributed by atoms with E-state index in [2.05, 4.69) is 10.6 Å². The second-order valence-electron chi connectivity index (χ2n) is 5.01. The highest BCUT2D eigenvalue weighted by Crippen LogP contribution is 2.19. The molecule has 5 heteroatoms. The van der Waals surface area contributed by atoms with Crippen LogP contribution >= 0.6 is 11.6 Å².